The lowest BCUT2D eigenvalue weighted by Gasteiger charge is -2.02. The summed E-state index contributed by atoms with van der Waals surface area (Å²) < 4.78 is 23.9. The summed E-state index contributed by atoms with van der Waals surface area (Å²) in [6.45, 7) is 2.38. The Kier molecular flexibility index (Phi) is 2.67. The van der Waals surface area contributed by atoms with Gasteiger partial charge in [-0.1, -0.05) is 0 Å². The van der Waals surface area contributed by atoms with Crippen LogP contribution >= 0.6 is 0 Å². The van der Waals surface area contributed by atoms with Gasteiger partial charge in [-0.25, -0.2) is 4.39 Å². The second-order valence-corrected chi connectivity index (χ2v) is 4.73. The molecule has 1 aliphatic rings. The fourth-order valence-electron chi connectivity index (χ4n) is 2.34. The summed E-state index contributed by atoms with van der Waals surface area (Å²) in [5.74, 6) is -0.250. The highest BCUT2D eigenvalue weighted by Gasteiger charge is 2.30. The fraction of sp³-hybridized carbons (Fsp3) is 0.357. The van der Waals surface area contributed by atoms with Crippen molar-refractivity contribution in [3.63, 3.8) is 0 Å². The van der Waals surface area contributed by atoms with Crippen molar-refractivity contribution in [3.8, 4) is 0 Å². The lowest BCUT2D eigenvalue weighted by Crippen LogP contribution is -2.13. The van der Waals surface area contributed by atoms with Crippen molar-refractivity contribution in [2.24, 2.45) is 5.92 Å². The van der Waals surface area contributed by atoms with E-state index >= 15 is 0 Å². The number of carbonyl (C=O) groups is 1. The summed E-state index contributed by atoms with van der Waals surface area (Å²) in [6.07, 6.45) is 0.824. The first-order valence-corrected chi connectivity index (χ1v) is 5.98. The Balaban J connectivity index is 1.92. The molecule has 2 aromatic rings. The van der Waals surface area contributed by atoms with Gasteiger partial charge in [-0.2, -0.15) is 0 Å². The van der Waals surface area contributed by atoms with Gasteiger partial charge in [0.25, 0.3) is 0 Å². The minimum Gasteiger partial charge on any atom is -0.453 e. The van der Waals surface area contributed by atoms with E-state index in [0.29, 0.717) is 29.8 Å². The van der Waals surface area contributed by atoms with E-state index < -0.39 is 0 Å². The van der Waals surface area contributed by atoms with Crippen LogP contribution in [0.5, 0.6) is 0 Å². The quantitative estimate of drug-likeness (QED) is 0.766. The molecule has 18 heavy (non-hydrogen) atoms. The molecule has 4 heteroatoms. The van der Waals surface area contributed by atoms with Gasteiger partial charge in [0.15, 0.2) is 5.76 Å². The zero-order chi connectivity index (χ0) is 12.7. The smallest absolute Gasteiger partial charge is 0.203 e. The molecular weight excluding hydrogens is 235 g/mol. The van der Waals surface area contributed by atoms with Gasteiger partial charge in [0.05, 0.1) is 18.6 Å². The molecule has 94 valence electrons. The summed E-state index contributed by atoms with van der Waals surface area (Å²) >= 11 is 0. The first-order valence-electron chi connectivity index (χ1n) is 5.98. The van der Waals surface area contributed by atoms with Crippen molar-refractivity contribution in [3.05, 3.63) is 35.8 Å². The molecule has 1 aromatic heterocycles. The van der Waals surface area contributed by atoms with Crippen LogP contribution in [0.2, 0.25) is 0 Å². The van der Waals surface area contributed by atoms with E-state index in [1.165, 1.54) is 18.2 Å². The van der Waals surface area contributed by atoms with Crippen molar-refractivity contribution in [2.45, 2.75) is 19.4 Å². The third kappa shape index (κ3) is 1.93. The van der Waals surface area contributed by atoms with E-state index in [-0.39, 0.29) is 23.6 Å². The number of carbonyl (C=O) groups excluding carboxylic acids is 1. The van der Waals surface area contributed by atoms with Crippen molar-refractivity contribution in [2.75, 3.05) is 6.61 Å². The molecule has 1 fully saturated rings. The molecule has 3 nitrogen and oxygen atoms in total. The van der Waals surface area contributed by atoms with E-state index in [1.54, 1.807) is 6.07 Å². The Morgan fingerprint density at radius 3 is 2.94 bits per heavy atom. The van der Waals surface area contributed by atoms with Crippen molar-refractivity contribution >= 4 is 16.8 Å². The monoisotopic (exact) mass is 248 g/mol. The van der Waals surface area contributed by atoms with Gasteiger partial charge in [-0.15, -0.1) is 0 Å². The predicted molar refractivity (Wildman–Crippen MR) is 64.0 cm³/mol. The normalized spacial score (nSPS) is 23.7. The highest BCUT2D eigenvalue weighted by Crippen LogP contribution is 2.27. The number of ether oxygens (including phenoxy) is 1. The first kappa shape index (κ1) is 11.4. The third-order valence-corrected chi connectivity index (χ3v) is 3.29. The zero-order valence-electron chi connectivity index (χ0n) is 9.98. The van der Waals surface area contributed by atoms with Gasteiger partial charge < -0.3 is 9.15 Å². The summed E-state index contributed by atoms with van der Waals surface area (Å²) in [6, 6.07) is 5.82. The number of fused-ring (bicyclic) bond motifs is 1. The average Bonchev–Trinajstić information content (AvgIpc) is 2.93. The molecule has 0 saturated carbocycles. The van der Waals surface area contributed by atoms with Gasteiger partial charge in [-0.3, -0.25) is 4.79 Å². The van der Waals surface area contributed by atoms with Crippen LogP contribution in [-0.2, 0) is 4.74 Å². The summed E-state index contributed by atoms with van der Waals surface area (Å²) in [5.41, 5.74) is 0.534. The molecule has 1 aromatic carbocycles. The van der Waals surface area contributed by atoms with Crippen molar-refractivity contribution in [1.29, 1.82) is 0 Å². The van der Waals surface area contributed by atoms with E-state index in [4.69, 9.17) is 9.15 Å². The first-order chi connectivity index (χ1) is 8.63. The minimum absolute atomic E-state index is 0.0593. The van der Waals surface area contributed by atoms with Crippen LogP contribution in [0.15, 0.2) is 28.7 Å². The van der Waals surface area contributed by atoms with E-state index in [9.17, 15) is 9.18 Å². The number of Topliss-reactive ketones (excluding diaryl/α,β-unsaturated/α-hetero) is 1. The van der Waals surface area contributed by atoms with E-state index in [1.807, 2.05) is 6.92 Å². The molecule has 2 atom stereocenters. The predicted octanol–water partition coefficient (Wildman–Crippen LogP) is 3.18. The maximum absolute atomic E-state index is 13.1. The maximum atomic E-state index is 13.1. The number of furan rings is 1. The standard InChI is InChI=1S/C14H13FO3/c1-8-4-10(7-17-8)14(16)13-6-9-5-11(15)2-3-12(9)18-13/h2-3,5-6,8,10H,4,7H2,1H3. The molecule has 1 saturated heterocycles. The number of rotatable bonds is 2. The highest BCUT2D eigenvalue weighted by atomic mass is 19.1. The van der Waals surface area contributed by atoms with Gasteiger partial charge >= 0.3 is 0 Å². The van der Waals surface area contributed by atoms with E-state index in [0.717, 1.165) is 0 Å². The summed E-state index contributed by atoms with van der Waals surface area (Å²) in [4.78, 5) is 12.2. The minimum atomic E-state index is -0.333. The average molecular weight is 248 g/mol. The Labute approximate surface area is 104 Å². The largest absolute Gasteiger partial charge is 0.453 e. The van der Waals surface area contributed by atoms with Crippen molar-refractivity contribution in [1.82, 2.24) is 0 Å². The number of halogens is 1. The third-order valence-electron chi connectivity index (χ3n) is 3.29. The van der Waals surface area contributed by atoms with E-state index in [2.05, 4.69) is 0 Å². The van der Waals surface area contributed by atoms with Gasteiger partial charge in [0.2, 0.25) is 5.78 Å². The van der Waals surface area contributed by atoms with Crippen LogP contribution in [0.3, 0.4) is 0 Å². The number of ketones is 1. The Hall–Kier alpha value is -1.68. The topological polar surface area (TPSA) is 39.4 Å². The van der Waals surface area contributed by atoms with Crippen LogP contribution < -0.4 is 0 Å². The molecule has 0 spiro atoms. The SMILES string of the molecule is CC1CC(C(=O)c2cc3cc(F)ccc3o2)CO1. The van der Waals surface area contributed by atoms with Gasteiger partial charge in [-0.05, 0) is 37.6 Å². The molecule has 2 unspecified atom stereocenters. The van der Waals surface area contributed by atoms with Crippen LogP contribution in [0, 0.1) is 11.7 Å². The van der Waals surface area contributed by atoms with Crippen LogP contribution in [0.25, 0.3) is 11.0 Å². The number of hydrogen-bond donors (Lipinski definition) is 0. The van der Waals surface area contributed by atoms with Crippen LogP contribution in [0.4, 0.5) is 4.39 Å². The second kappa shape index (κ2) is 4.21. The maximum Gasteiger partial charge on any atom is 0.203 e. The Morgan fingerprint density at radius 1 is 1.39 bits per heavy atom. The number of benzene rings is 1. The van der Waals surface area contributed by atoms with Crippen molar-refractivity contribution < 1.29 is 18.3 Å². The highest BCUT2D eigenvalue weighted by molar-refractivity contribution is 5.99. The lowest BCUT2D eigenvalue weighted by atomic mass is 9.99. The lowest BCUT2D eigenvalue weighted by molar-refractivity contribution is 0.0853. The molecule has 0 radical (unpaired) electrons. The molecule has 0 aliphatic carbocycles. The Bertz CT molecular complexity index is 602. The molecule has 3 rings (SSSR count). The molecule has 0 N–H and O–H groups in total. The molecule has 0 bridgehead atoms. The second-order valence-electron chi connectivity index (χ2n) is 4.73. The van der Waals surface area contributed by atoms with Gasteiger partial charge in [0, 0.05) is 5.39 Å². The fourth-order valence-corrected chi connectivity index (χ4v) is 2.34. The Morgan fingerprint density at radius 2 is 2.22 bits per heavy atom. The zero-order valence-corrected chi connectivity index (χ0v) is 9.98. The van der Waals surface area contributed by atoms with Crippen LogP contribution in [0.1, 0.15) is 23.9 Å². The number of hydrogen-bond acceptors (Lipinski definition) is 3. The molecule has 1 aliphatic heterocycles. The molecule has 2 heterocycles. The molecular formula is C14H13FO3. The van der Waals surface area contributed by atoms with Gasteiger partial charge in [0.1, 0.15) is 11.4 Å². The van der Waals surface area contributed by atoms with Crippen LogP contribution in [-0.4, -0.2) is 18.5 Å². The summed E-state index contributed by atoms with van der Waals surface area (Å²) in [5, 5.41) is 0.616. The molecule has 0 amide bonds. The summed E-state index contributed by atoms with van der Waals surface area (Å²) in [7, 11) is 0.